The van der Waals surface area contributed by atoms with Crippen molar-refractivity contribution in [3.05, 3.63) is 23.9 Å². The Labute approximate surface area is 103 Å². The van der Waals surface area contributed by atoms with Crippen LogP contribution in [-0.2, 0) is 6.54 Å². The van der Waals surface area contributed by atoms with Crippen LogP contribution >= 0.6 is 0 Å². The molecule has 2 rings (SSSR count). The standard InChI is InChI=1S/C13H22N4/c1-11-4-3-8-17(9-6-11)10-12-5-2-7-15-13(12)16-14/h2,5,7,11H,3-4,6,8-10,14H2,1H3,(H,15,16). The zero-order chi connectivity index (χ0) is 12.1. The monoisotopic (exact) mass is 234 g/mol. The van der Waals surface area contributed by atoms with Gasteiger partial charge in [-0.15, -0.1) is 0 Å². The number of rotatable bonds is 3. The molecule has 0 amide bonds. The van der Waals surface area contributed by atoms with Crippen molar-refractivity contribution >= 4 is 5.82 Å². The lowest BCUT2D eigenvalue weighted by Gasteiger charge is -2.21. The second-order valence-electron chi connectivity index (χ2n) is 4.97. The van der Waals surface area contributed by atoms with E-state index in [0.29, 0.717) is 0 Å². The van der Waals surface area contributed by atoms with Crippen LogP contribution in [0.4, 0.5) is 5.82 Å². The number of nitrogen functional groups attached to an aromatic ring is 1. The van der Waals surface area contributed by atoms with E-state index < -0.39 is 0 Å². The highest BCUT2D eigenvalue weighted by atomic mass is 15.3. The number of nitrogens with one attached hydrogen (secondary N) is 1. The molecule has 1 aliphatic heterocycles. The fourth-order valence-corrected chi connectivity index (χ4v) is 2.42. The van der Waals surface area contributed by atoms with E-state index in [9.17, 15) is 0 Å². The van der Waals surface area contributed by atoms with Crippen LogP contribution in [0.1, 0.15) is 31.7 Å². The Balaban J connectivity index is 1.99. The van der Waals surface area contributed by atoms with E-state index in [1.54, 1.807) is 6.20 Å². The van der Waals surface area contributed by atoms with Crippen molar-refractivity contribution in [3.63, 3.8) is 0 Å². The summed E-state index contributed by atoms with van der Waals surface area (Å²) in [4.78, 5) is 6.74. The summed E-state index contributed by atoms with van der Waals surface area (Å²) in [7, 11) is 0. The van der Waals surface area contributed by atoms with Crippen LogP contribution in [0.15, 0.2) is 18.3 Å². The van der Waals surface area contributed by atoms with Gasteiger partial charge >= 0.3 is 0 Å². The van der Waals surface area contributed by atoms with Gasteiger partial charge in [0.2, 0.25) is 0 Å². The van der Waals surface area contributed by atoms with Crippen molar-refractivity contribution in [2.45, 2.75) is 32.7 Å². The smallest absolute Gasteiger partial charge is 0.144 e. The summed E-state index contributed by atoms with van der Waals surface area (Å²) in [6, 6.07) is 4.06. The third-order valence-electron chi connectivity index (χ3n) is 3.53. The molecule has 1 aliphatic rings. The number of anilines is 1. The van der Waals surface area contributed by atoms with Crippen LogP contribution in [0.25, 0.3) is 0 Å². The van der Waals surface area contributed by atoms with Gasteiger partial charge in [0, 0.05) is 18.3 Å². The lowest BCUT2D eigenvalue weighted by atomic mass is 10.0. The second-order valence-corrected chi connectivity index (χ2v) is 4.97. The minimum atomic E-state index is 0.796. The first kappa shape index (κ1) is 12.3. The maximum Gasteiger partial charge on any atom is 0.144 e. The first-order valence-corrected chi connectivity index (χ1v) is 6.42. The largest absolute Gasteiger partial charge is 0.308 e. The third kappa shape index (κ3) is 3.41. The minimum Gasteiger partial charge on any atom is -0.308 e. The van der Waals surface area contributed by atoms with Crippen molar-refractivity contribution in [2.24, 2.45) is 11.8 Å². The van der Waals surface area contributed by atoms with Gasteiger partial charge in [-0.25, -0.2) is 10.8 Å². The van der Waals surface area contributed by atoms with Crippen LogP contribution in [0.3, 0.4) is 0 Å². The van der Waals surface area contributed by atoms with Crippen molar-refractivity contribution in [1.29, 1.82) is 0 Å². The summed E-state index contributed by atoms with van der Waals surface area (Å²) >= 11 is 0. The Hall–Kier alpha value is -1.13. The first-order chi connectivity index (χ1) is 8.29. The highest BCUT2D eigenvalue weighted by molar-refractivity contribution is 5.42. The molecular formula is C13H22N4. The average molecular weight is 234 g/mol. The molecule has 1 aromatic rings. The first-order valence-electron chi connectivity index (χ1n) is 6.42. The minimum absolute atomic E-state index is 0.796. The van der Waals surface area contributed by atoms with Gasteiger partial charge in [-0.1, -0.05) is 13.0 Å². The molecule has 4 heteroatoms. The molecule has 0 saturated carbocycles. The summed E-state index contributed by atoms with van der Waals surface area (Å²) in [5.41, 5.74) is 3.86. The summed E-state index contributed by atoms with van der Waals surface area (Å²) in [6.45, 7) is 5.66. The number of likely N-dealkylation sites (tertiary alicyclic amines) is 1. The van der Waals surface area contributed by atoms with Gasteiger partial charge < -0.3 is 5.43 Å². The van der Waals surface area contributed by atoms with E-state index in [-0.39, 0.29) is 0 Å². The summed E-state index contributed by atoms with van der Waals surface area (Å²) in [5.74, 6) is 7.14. The molecule has 3 N–H and O–H groups in total. The Morgan fingerprint density at radius 1 is 1.47 bits per heavy atom. The van der Waals surface area contributed by atoms with Crippen molar-refractivity contribution in [1.82, 2.24) is 9.88 Å². The van der Waals surface area contributed by atoms with E-state index in [4.69, 9.17) is 5.84 Å². The molecule has 1 atom stereocenters. The number of hydrazine groups is 1. The van der Waals surface area contributed by atoms with Gasteiger partial charge in [0.15, 0.2) is 0 Å². The highest BCUT2D eigenvalue weighted by Crippen LogP contribution is 2.19. The second kappa shape index (κ2) is 5.98. The van der Waals surface area contributed by atoms with E-state index in [2.05, 4.69) is 28.3 Å². The molecule has 0 aliphatic carbocycles. The number of nitrogens with zero attached hydrogens (tertiary/aromatic N) is 2. The molecule has 4 nitrogen and oxygen atoms in total. The molecule has 0 aromatic carbocycles. The van der Waals surface area contributed by atoms with Crippen LogP contribution in [-0.4, -0.2) is 23.0 Å². The van der Waals surface area contributed by atoms with Gasteiger partial charge in [-0.2, -0.15) is 0 Å². The fourth-order valence-electron chi connectivity index (χ4n) is 2.42. The summed E-state index contributed by atoms with van der Waals surface area (Å²) < 4.78 is 0. The van der Waals surface area contributed by atoms with Gasteiger partial charge in [0.1, 0.15) is 5.82 Å². The van der Waals surface area contributed by atoms with Crippen molar-refractivity contribution in [2.75, 3.05) is 18.5 Å². The molecule has 17 heavy (non-hydrogen) atoms. The number of pyridine rings is 1. The number of aromatic nitrogens is 1. The Bertz CT molecular complexity index is 353. The van der Waals surface area contributed by atoms with E-state index in [1.165, 1.54) is 37.9 Å². The van der Waals surface area contributed by atoms with Gasteiger partial charge in [0.25, 0.3) is 0 Å². The van der Waals surface area contributed by atoms with Crippen LogP contribution in [0, 0.1) is 5.92 Å². The Morgan fingerprint density at radius 3 is 3.18 bits per heavy atom. The van der Waals surface area contributed by atoms with Crippen molar-refractivity contribution < 1.29 is 0 Å². The van der Waals surface area contributed by atoms with Crippen LogP contribution in [0.2, 0.25) is 0 Å². The summed E-state index contributed by atoms with van der Waals surface area (Å²) in [6.07, 6.45) is 5.72. The van der Waals surface area contributed by atoms with Crippen LogP contribution in [0.5, 0.6) is 0 Å². The molecule has 0 radical (unpaired) electrons. The van der Waals surface area contributed by atoms with E-state index in [1.807, 2.05) is 6.07 Å². The normalized spacial score (nSPS) is 22.1. The predicted octanol–water partition coefficient (Wildman–Crippen LogP) is 1.99. The molecule has 1 fully saturated rings. The fraction of sp³-hybridized carbons (Fsp3) is 0.615. The molecule has 1 saturated heterocycles. The highest BCUT2D eigenvalue weighted by Gasteiger charge is 2.15. The molecule has 94 valence electrons. The van der Waals surface area contributed by atoms with E-state index in [0.717, 1.165) is 18.3 Å². The lowest BCUT2D eigenvalue weighted by Crippen LogP contribution is -2.25. The molecule has 0 spiro atoms. The molecule has 1 unspecified atom stereocenters. The van der Waals surface area contributed by atoms with Gasteiger partial charge in [0.05, 0.1) is 0 Å². The Morgan fingerprint density at radius 2 is 2.35 bits per heavy atom. The lowest BCUT2D eigenvalue weighted by molar-refractivity contribution is 0.274. The number of hydrogen-bond acceptors (Lipinski definition) is 4. The molecule has 0 bridgehead atoms. The molecule has 1 aromatic heterocycles. The predicted molar refractivity (Wildman–Crippen MR) is 70.3 cm³/mol. The summed E-state index contributed by atoms with van der Waals surface area (Å²) in [5, 5.41) is 0. The molecule has 2 heterocycles. The third-order valence-corrected chi connectivity index (χ3v) is 3.53. The number of hydrogen-bond donors (Lipinski definition) is 2. The van der Waals surface area contributed by atoms with E-state index >= 15 is 0 Å². The Kier molecular flexibility index (Phi) is 4.34. The van der Waals surface area contributed by atoms with Crippen LogP contribution < -0.4 is 11.3 Å². The zero-order valence-electron chi connectivity index (χ0n) is 10.5. The SMILES string of the molecule is CC1CCCN(Cc2cccnc2NN)CC1. The maximum absolute atomic E-state index is 5.48. The zero-order valence-corrected chi connectivity index (χ0v) is 10.5. The average Bonchev–Trinajstić information content (AvgIpc) is 2.55. The maximum atomic E-state index is 5.48. The van der Waals surface area contributed by atoms with Gasteiger partial charge in [-0.3, -0.25) is 4.90 Å². The molecular weight excluding hydrogens is 212 g/mol. The quantitative estimate of drug-likeness (QED) is 0.620. The topological polar surface area (TPSA) is 54.2 Å². The van der Waals surface area contributed by atoms with Gasteiger partial charge in [-0.05, 0) is 44.3 Å². The number of nitrogens with two attached hydrogens (primary N) is 1. The van der Waals surface area contributed by atoms with Crippen molar-refractivity contribution in [3.8, 4) is 0 Å².